The number of ether oxygens (including phenoxy) is 1. The lowest BCUT2D eigenvalue weighted by Gasteiger charge is -2.26. The number of nitrogens with zero attached hydrogens (tertiary/aromatic N) is 1. The van der Waals surface area contributed by atoms with Crippen molar-refractivity contribution in [3.05, 3.63) is 24.3 Å². The number of amides is 3. The van der Waals surface area contributed by atoms with Gasteiger partial charge in [0.05, 0.1) is 5.88 Å². The lowest BCUT2D eigenvalue weighted by atomic mass is 10.1. The molecule has 0 bridgehead atoms. The number of anilines is 1. The van der Waals surface area contributed by atoms with E-state index in [0.29, 0.717) is 43.1 Å². The summed E-state index contributed by atoms with van der Waals surface area (Å²) < 4.78 is 45.6. The first-order valence-electron chi connectivity index (χ1n) is 11.1. The third-order valence-electron chi connectivity index (χ3n) is 4.61. The van der Waals surface area contributed by atoms with Gasteiger partial charge in [0.2, 0.25) is 5.91 Å². The molecule has 13 heteroatoms. The van der Waals surface area contributed by atoms with E-state index >= 15 is 0 Å². The van der Waals surface area contributed by atoms with Gasteiger partial charge >= 0.3 is 18.2 Å². The van der Waals surface area contributed by atoms with Gasteiger partial charge < -0.3 is 20.3 Å². The number of rotatable bonds is 10. The molecule has 35 heavy (non-hydrogen) atoms. The maximum absolute atomic E-state index is 12.8. The zero-order valence-electron chi connectivity index (χ0n) is 19.9. The maximum Gasteiger partial charge on any atom is 0.471 e. The number of carbonyl (C=O) groups is 3. The minimum Gasteiger partial charge on any atom is -0.444 e. The Labute approximate surface area is 211 Å². The van der Waals surface area contributed by atoms with E-state index in [0.717, 1.165) is 5.75 Å². The molecule has 196 valence electrons. The van der Waals surface area contributed by atoms with Crippen LogP contribution in [0.2, 0.25) is 0 Å². The van der Waals surface area contributed by atoms with Gasteiger partial charge in [-0.3, -0.25) is 14.3 Å². The number of hydrogen-bond acceptors (Lipinski definition) is 7. The minimum absolute atomic E-state index is 0.0498. The second kappa shape index (κ2) is 13.3. The van der Waals surface area contributed by atoms with E-state index in [1.807, 2.05) is 5.32 Å². The van der Waals surface area contributed by atoms with Gasteiger partial charge in [0, 0.05) is 29.4 Å². The Hall–Kier alpha value is -2.12. The predicted octanol–water partition coefficient (Wildman–Crippen LogP) is 4.38. The highest BCUT2D eigenvalue weighted by Crippen LogP contribution is 2.22. The molecule has 1 atom stereocenters. The van der Waals surface area contributed by atoms with Crippen molar-refractivity contribution in [3.8, 4) is 0 Å². The van der Waals surface area contributed by atoms with Gasteiger partial charge in [-0.15, -0.1) is 11.8 Å². The second-order valence-electron chi connectivity index (χ2n) is 8.81. The number of halogens is 3. The molecule has 0 aliphatic carbocycles. The average molecular weight is 537 g/mol. The number of carbonyl (C=O) groups excluding carboxylic acids is 3. The van der Waals surface area contributed by atoms with Crippen LogP contribution >= 0.6 is 23.7 Å². The molecule has 1 unspecified atom stereocenters. The fourth-order valence-corrected chi connectivity index (χ4v) is 4.74. The van der Waals surface area contributed by atoms with Crippen molar-refractivity contribution in [1.82, 2.24) is 14.9 Å². The van der Waals surface area contributed by atoms with Crippen LogP contribution in [0, 0.1) is 0 Å². The normalized spacial score (nSPS) is 15.0. The lowest BCUT2D eigenvalue weighted by molar-refractivity contribution is -0.167. The zero-order chi connectivity index (χ0) is 26.1. The van der Waals surface area contributed by atoms with Crippen LogP contribution in [0.1, 0.15) is 40.0 Å². The summed E-state index contributed by atoms with van der Waals surface area (Å²) in [6.07, 6.45) is -3.78. The summed E-state index contributed by atoms with van der Waals surface area (Å²) in [4.78, 5) is 38.5. The molecule has 1 fully saturated rings. The molecule has 0 aromatic heterocycles. The number of thioether (sulfide) groups is 1. The Morgan fingerprint density at radius 1 is 1.20 bits per heavy atom. The monoisotopic (exact) mass is 536 g/mol. The Bertz CT molecular complexity index is 875. The van der Waals surface area contributed by atoms with Gasteiger partial charge in [0.25, 0.3) is 0 Å². The Balaban J connectivity index is 1.78. The van der Waals surface area contributed by atoms with Gasteiger partial charge in [-0.25, -0.2) is 4.79 Å². The van der Waals surface area contributed by atoms with Crippen molar-refractivity contribution >= 4 is 47.3 Å². The smallest absolute Gasteiger partial charge is 0.444 e. The highest BCUT2D eigenvalue weighted by Gasteiger charge is 2.38. The van der Waals surface area contributed by atoms with E-state index in [1.165, 1.54) is 24.1 Å². The predicted molar refractivity (Wildman–Crippen MR) is 131 cm³/mol. The second-order valence-corrected chi connectivity index (χ2v) is 10.8. The number of benzene rings is 1. The minimum atomic E-state index is -4.95. The fraction of sp³-hybridized carbons (Fsp3) is 0.591. The molecule has 1 aliphatic rings. The van der Waals surface area contributed by atoms with Gasteiger partial charge in [0.1, 0.15) is 11.6 Å². The van der Waals surface area contributed by atoms with Crippen LogP contribution in [0.15, 0.2) is 29.2 Å². The summed E-state index contributed by atoms with van der Waals surface area (Å²) in [5, 5.41) is 4.52. The quantitative estimate of drug-likeness (QED) is 0.301. The van der Waals surface area contributed by atoms with E-state index in [9.17, 15) is 27.6 Å². The fourth-order valence-electron chi connectivity index (χ4n) is 3.03. The lowest BCUT2D eigenvalue weighted by Crippen LogP contribution is -2.49. The summed E-state index contributed by atoms with van der Waals surface area (Å²) >= 11 is 2.89. The van der Waals surface area contributed by atoms with Crippen molar-refractivity contribution in [2.75, 3.05) is 30.0 Å². The molecule has 0 spiro atoms. The largest absolute Gasteiger partial charge is 0.471 e. The molecule has 3 amide bonds. The summed E-state index contributed by atoms with van der Waals surface area (Å²) in [6.45, 7) is 6.48. The Morgan fingerprint density at radius 2 is 1.94 bits per heavy atom. The first kappa shape index (κ1) is 29.1. The van der Waals surface area contributed by atoms with Crippen LogP contribution in [0.4, 0.5) is 23.7 Å². The summed E-state index contributed by atoms with van der Waals surface area (Å²) in [7, 11) is 0. The van der Waals surface area contributed by atoms with E-state index in [2.05, 4.69) is 10.0 Å². The molecule has 1 aliphatic heterocycles. The third kappa shape index (κ3) is 11.0. The molecule has 1 aromatic rings. The van der Waals surface area contributed by atoms with E-state index < -0.39 is 29.8 Å². The molecule has 1 aromatic carbocycles. The first-order chi connectivity index (χ1) is 16.3. The van der Waals surface area contributed by atoms with E-state index in [-0.39, 0.29) is 11.6 Å². The van der Waals surface area contributed by atoms with Crippen molar-refractivity contribution in [2.45, 2.75) is 62.7 Å². The van der Waals surface area contributed by atoms with Crippen LogP contribution in [-0.2, 0) is 14.3 Å². The molecule has 2 rings (SSSR count). The number of nitrogens with one attached hydrogen (secondary N) is 3. The number of hydrogen-bond donors (Lipinski definition) is 3. The average Bonchev–Trinajstić information content (AvgIpc) is 3.28. The molecule has 8 nitrogen and oxygen atoms in total. The topological polar surface area (TPSA) is 99.8 Å². The number of unbranched alkanes of at least 4 members (excludes halogenated alkanes) is 1. The summed E-state index contributed by atoms with van der Waals surface area (Å²) in [5.41, 5.74) is -0.622. The van der Waals surface area contributed by atoms with Crippen LogP contribution in [0.3, 0.4) is 0 Å². The van der Waals surface area contributed by atoms with Crippen LogP contribution in [0.5, 0.6) is 0 Å². The Morgan fingerprint density at radius 3 is 2.57 bits per heavy atom. The molecule has 0 radical (unpaired) electrons. The summed E-state index contributed by atoms with van der Waals surface area (Å²) in [6, 6.07) is 5.39. The first-order valence-corrected chi connectivity index (χ1v) is 13.1. The number of alkyl halides is 3. The maximum atomic E-state index is 12.8. The zero-order valence-corrected chi connectivity index (χ0v) is 21.5. The van der Waals surface area contributed by atoms with Crippen molar-refractivity contribution in [1.29, 1.82) is 0 Å². The number of alkyl carbamates (subject to hydrolysis) is 1. The Kier molecular flexibility index (Phi) is 11.0. The van der Waals surface area contributed by atoms with E-state index in [4.69, 9.17) is 4.74 Å². The van der Waals surface area contributed by atoms with Gasteiger partial charge in [-0.1, -0.05) is 6.07 Å². The molecular formula is C22H31F3N4O4S2. The van der Waals surface area contributed by atoms with Crippen LogP contribution < -0.4 is 15.4 Å². The molecule has 1 heterocycles. The third-order valence-corrected chi connectivity index (χ3v) is 6.42. The van der Waals surface area contributed by atoms with Gasteiger partial charge in [0.15, 0.2) is 0 Å². The van der Waals surface area contributed by atoms with Crippen molar-refractivity contribution in [2.24, 2.45) is 0 Å². The highest BCUT2D eigenvalue weighted by molar-refractivity contribution is 7.99. The van der Waals surface area contributed by atoms with Crippen LogP contribution in [-0.4, -0.2) is 65.3 Å². The van der Waals surface area contributed by atoms with Crippen LogP contribution in [0.25, 0.3) is 0 Å². The van der Waals surface area contributed by atoms with Gasteiger partial charge in [-0.2, -0.15) is 13.2 Å². The van der Waals surface area contributed by atoms with E-state index in [1.54, 1.807) is 49.6 Å². The van der Waals surface area contributed by atoms with Crippen molar-refractivity contribution in [3.63, 3.8) is 0 Å². The molecule has 0 saturated carbocycles. The summed E-state index contributed by atoms with van der Waals surface area (Å²) in [5.74, 6) is -0.677. The highest BCUT2D eigenvalue weighted by atomic mass is 32.2. The SMILES string of the molecule is CC(C)(C)OC(=O)NC(CCCCNSc1cccc(NC(=O)C(F)(F)F)c1)C(=O)N1CCSC1. The standard InChI is InChI=1S/C22H31F3N4O4S2/c1-21(2,3)33-20(32)28-17(18(30)29-11-12-34-14-29)9-4-5-10-26-35-16-8-6-7-15(13-16)27-19(31)22(23,24)25/h6-8,13,17,26H,4-5,9-12,14H2,1-3H3,(H,27,31)(H,28,32). The van der Waals surface area contributed by atoms with Gasteiger partial charge in [-0.05, 0) is 70.2 Å². The van der Waals surface area contributed by atoms with Crippen molar-refractivity contribution < 1.29 is 32.3 Å². The molecular weight excluding hydrogens is 505 g/mol. The molecule has 1 saturated heterocycles. The molecule has 3 N–H and O–H groups in total.